The summed E-state index contributed by atoms with van der Waals surface area (Å²) in [6.45, 7) is 18.8. The molecule has 3 aliphatic rings. The summed E-state index contributed by atoms with van der Waals surface area (Å²) in [4.78, 5) is 77.1. The number of hydrogen-bond donors (Lipinski definition) is 2. The second-order valence-electron chi connectivity index (χ2n) is 19.0. The Hall–Kier alpha value is -5.86. The first-order valence-electron chi connectivity index (χ1n) is 22.9. The quantitative estimate of drug-likeness (QED) is 0.139. The fourth-order valence-electron chi connectivity index (χ4n) is 9.87. The van der Waals surface area contributed by atoms with Crippen molar-refractivity contribution in [2.75, 3.05) is 33.9 Å². The third-order valence-electron chi connectivity index (χ3n) is 13.5. The molecule has 6 atom stereocenters. The van der Waals surface area contributed by atoms with Crippen molar-refractivity contribution in [3.05, 3.63) is 90.3 Å². The number of rotatable bonds is 10. The molecule has 14 heteroatoms. The van der Waals surface area contributed by atoms with Crippen LogP contribution < -0.4 is 10.7 Å². The molecule has 4 aromatic rings. The van der Waals surface area contributed by atoms with Gasteiger partial charge in [-0.1, -0.05) is 64.6 Å². The van der Waals surface area contributed by atoms with E-state index in [9.17, 15) is 24.0 Å². The Kier molecular flexibility index (Phi) is 14.0. The molecule has 2 aromatic heterocycles. The largest absolute Gasteiger partial charge is 0.464 e. The van der Waals surface area contributed by atoms with Crippen LogP contribution in [0.4, 0.5) is 0 Å². The third kappa shape index (κ3) is 9.46. The van der Waals surface area contributed by atoms with Gasteiger partial charge in [-0.15, -0.1) is 0 Å². The number of ether oxygens (including phenoxy) is 2. The lowest BCUT2D eigenvalue weighted by Crippen LogP contribution is -2.65. The van der Waals surface area contributed by atoms with Crippen LogP contribution in [-0.2, 0) is 52.8 Å². The zero-order valence-corrected chi connectivity index (χ0v) is 39.4. The predicted molar refractivity (Wildman–Crippen MR) is 250 cm³/mol. The molecule has 4 amide bonds. The number of carbonyl (C=O) groups is 5. The molecular formula is C51H65N7O7. The van der Waals surface area contributed by atoms with E-state index >= 15 is 0 Å². The smallest absolute Gasteiger partial charge is 0.324 e. The number of fused-ring (bicyclic) bond motifs is 6. The molecule has 2 N–H and O–H groups in total. The summed E-state index contributed by atoms with van der Waals surface area (Å²) in [5, 5.41) is 5.56. The summed E-state index contributed by atoms with van der Waals surface area (Å²) >= 11 is 0. The lowest BCUT2D eigenvalue weighted by molar-refractivity contribution is -0.156. The fourth-order valence-corrected chi connectivity index (χ4v) is 9.87. The predicted octanol–water partition coefficient (Wildman–Crippen LogP) is 6.26. The average molecular weight is 888 g/mol. The van der Waals surface area contributed by atoms with E-state index in [1.165, 1.54) is 16.0 Å². The molecule has 14 nitrogen and oxygen atoms in total. The number of aromatic nitrogens is 2. The van der Waals surface area contributed by atoms with Gasteiger partial charge in [0.15, 0.2) is 0 Å². The first-order valence-corrected chi connectivity index (χ1v) is 22.9. The van der Waals surface area contributed by atoms with Crippen LogP contribution in [0.25, 0.3) is 33.3 Å². The van der Waals surface area contributed by atoms with Gasteiger partial charge in [0.05, 0.1) is 30.0 Å². The number of carbonyl (C=O) groups excluding carboxylic acids is 5. The van der Waals surface area contributed by atoms with Crippen molar-refractivity contribution in [1.29, 1.82) is 0 Å². The molecule has 65 heavy (non-hydrogen) atoms. The number of nitrogens with zero attached hydrogens (tertiary/aromatic N) is 5. The number of pyridine rings is 1. The van der Waals surface area contributed by atoms with E-state index in [4.69, 9.17) is 14.5 Å². The number of cyclic esters (lactones) is 1. The van der Waals surface area contributed by atoms with Crippen molar-refractivity contribution in [3.63, 3.8) is 0 Å². The fraction of sp³-hybridized carbons (Fsp3) is 0.490. The zero-order valence-electron chi connectivity index (χ0n) is 39.4. The number of nitrogens with one attached hydrogen (secondary N) is 2. The highest BCUT2D eigenvalue weighted by atomic mass is 16.5. The van der Waals surface area contributed by atoms with Gasteiger partial charge in [0.2, 0.25) is 17.7 Å². The number of hydrogen-bond acceptors (Lipinski definition) is 9. The Bertz CT molecular complexity index is 2480. The SMILES string of the molecule is C=CC(=O)N1C[C@H](C(=O)N(C)[C@H](C(=O)N[C@H]2Cc3cccc(c3)-c3ccc4c(c3)c(c(-c3cccnc3[C@H](C)OC)n4CC)CC(C)(C)COC(=O)[C@@H]3CCCN(N3)C2=O)C(C)C)[C@H]1C. The molecule has 0 radical (unpaired) electrons. The number of aryl methyl sites for hydroxylation is 1. The first kappa shape index (κ1) is 47.1. The van der Waals surface area contributed by atoms with Crippen LogP contribution in [0.2, 0.25) is 0 Å². The van der Waals surface area contributed by atoms with Gasteiger partial charge in [0.25, 0.3) is 5.91 Å². The van der Waals surface area contributed by atoms with Crippen molar-refractivity contribution in [2.45, 2.75) is 111 Å². The molecule has 346 valence electrons. The van der Waals surface area contributed by atoms with Crippen LogP contribution >= 0.6 is 0 Å². The molecule has 0 unspecified atom stereocenters. The Morgan fingerprint density at radius 3 is 2.54 bits per heavy atom. The lowest BCUT2D eigenvalue weighted by atomic mass is 9.84. The van der Waals surface area contributed by atoms with Gasteiger partial charge in [-0.25, -0.2) is 5.43 Å². The Morgan fingerprint density at radius 1 is 1.09 bits per heavy atom. The van der Waals surface area contributed by atoms with Gasteiger partial charge < -0.3 is 29.2 Å². The van der Waals surface area contributed by atoms with Crippen molar-refractivity contribution < 1.29 is 33.4 Å². The number of esters is 1. The lowest BCUT2D eigenvalue weighted by Gasteiger charge is -2.47. The van der Waals surface area contributed by atoms with Crippen LogP contribution in [0.5, 0.6) is 0 Å². The Morgan fingerprint density at radius 2 is 1.85 bits per heavy atom. The second-order valence-corrected chi connectivity index (χ2v) is 19.0. The van der Waals surface area contributed by atoms with Gasteiger partial charge in [-0.05, 0) is 98.5 Å². The Balaban J connectivity index is 1.29. The van der Waals surface area contributed by atoms with Gasteiger partial charge in [-0.2, -0.15) is 0 Å². The molecule has 0 spiro atoms. The topological polar surface area (TPSA) is 155 Å². The molecule has 7 rings (SSSR count). The maximum absolute atomic E-state index is 14.7. The molecule has 2 saturated heterocycles. The number of benzene rings is 2. The van der Waals surface area contributed by atoms with Crippen molar-refractivity contribution >= 4 is 40.5 Å². The summed E-state index contributed by atoms with van der Waals surface area (Å²) < 4.78 is 14.3. The highest BCUT2D eigenvalue weighted by Gasteiger charge is 2.46. The van der Waals surface area contributed by atoms with Gasteiger partial charge >= 0.3 is 5.97 Å². The van der Waals surface area contributed by atoms with Crippen molar-refractivity contribution in [1.82, 2.24) is 35.1 Å². The van der Waals surface area contributed by atoms with E-state index in [2.05, 4.69) is 79.1 Å². The summed E-state index contributed by atoms with van der Waals surface area (Å²) in [6, 6.07) is 15.5. The highest BCUT2D eigenvalue weighted by Crippen LogP contribution is 2.42. The van der Waals surface area contributed by atoms with E-state index in [1.807, 2.05) is 45.9 Å². The third-order valence-corrected chi connectivity index (χ3v) is 13.5. The van der Waals surface area contributed by atoms with E-state index in [1.54, 1.807) is 25.3 Å². The normalized spacial score (nSPS) is 22.1. The number of likely N-dealkylation sites (N-methyl/N-ethyl adjacent to an activating group) is 1. The van der Waals surface area contributed by atoms with E-state index in [0.717, 1.165) is 50.1 Å². The summed E-state index contributed by atoms with van der Waals surface area (Å²) in [5.74, 6) is -2.61. The molecule has 0 saturated carbocycles. The molecule has 3 aliphatic heterocycles. The summed E-state index contributed by atoms with van der Waals surface area (Å²) in [6.07, 6.45) is 4.52. The minimum absolute atomic E-state index is 0.135. The van der Waals surface area contributed by atoms with E-state index in [0.29, 0.717) is 32.4 Å². The number of amides is 4. The van der Waals surface area contributed by atoms with Crippen LogP contribution in [0, 0.1) is 17.3 Å². The molecule has 2 aromatic carbocycles. The number of hydrazine groups is 1. The minimum atomic E-state index is -1.05. The zero-order chi connectivity index (χ0) is 46.9. The maximum atomic E-state index is 14.7. The first-order chi connectivity index (χ1) is 31.0. The summed E-state index contributed by atoms with van der Waals surface area (Å²) in [7, 11) is 3.29. The Labute approximate surface area is 382 Å². The van der Waals surface area contributed by atoms with Crippen LogP contribution in [0.1, 0.15) is 84.2 Å². The van der Waals surface area contributed by atoms with Gasteiger partial charge in [0.1, 0.15) is 18.1 Å². The number of methoxy groups -OCH3 is 1. The monoisotopic (exact) mass is 887 g/mol. The second kappa shape index (κ2) is 19.3. The maximum Gasteiger partial charge on any atom is 0.324 e. The molecule has 6 bridgehead atoms. The molecule has 0 aliphatic carbocycles. The molecule has 5 heterocycles. The van der Waals surface area contributed by atoms with Crippen molar-refractivity contribution in [3.8, 4) is 22.4 Å². The average Bonchev–Trinajstić information content (AvgIpc) is 3.60. The van der Waals surface area contributed by atoms with Gasteiger partial charge in [-0.3, -0.25) is 34.0 Å². The van der Waals surface area contributed by atoms with Crippen LogP contribution in [-0.4, -0.2) is 112 Å². The molecular weight excluding hydrogens is 823 g/mol. The highest BCUT2D eigenvalue weighted by molar-refractivity contribution is 5.96. The van der Waals surface area contributed by atoms with E-state index < -0.39 is 47.2 Å². The standard InChI is InChI=1S/C51H65N7O7/c1-11-43(59)57-28-39(31(57)5)48(61)55(9)45(30(3)4)47(60)53-41-25-33-16-13-17-34(24-33)35-20-21-42-37(26-35)38(46(56(42)12-2)36-18-14-22-52-44(36)32(6)64-10)27-51(7,8)29-65-50(63)40-19-15-23-58(54-40)49(41)62/h11,13-14,16-18,20-22,24,26,30-32,39-41,45,54H,1,12,15,19,23,25,27-29H2,2-10H3,(H,53,60)/t31-,32+,39+,40+,41+,45+/m1/s1. The van der Waals surface area contributed by atoms with Crippen LogP contribution in [0.3, 0.4) is 0 Å². The summed E-state index contributed by atoms with van der Waals surface area (Å²) in [5.41, 5.74) is 10.5. The minimum Gasteiger partial charge on any atom is -0.464 e. The van der Waals surface area contributed by atoms with E-state index in [-0.39, 0.29) is 49.5 Å². The van der Waals surface area contributed by atoms with Crippen molar-refractivity contribution in [2.24, 2.45) is 17.3 Å². The molecule has 2 fully saturated rings. The van der Waals surface area contributed by atoms with Gasteiger partial charge in [0, 0.05) is 74.3 Å². The number of likely N-dealkylation sites (tertiary alicyclic amines) is 1. The van der Waals surface area contributed by atoms with Crippen LogP contribution in [0.15, 0.2) is 73.4 Å².